The van der Waals surface area contributed by atoms with Gasteiger partial charge in [0.15, 0.2) is 0 Å². The highest BCUT2D eigenvalue weighted by molar-refractivity contribution is 7.11. The molecule has 108 valence electrons. The van der Waals surface area contributed by atoms with Crippen LogP contribution in [0.5, 0.6) is 0 Å². The number of hydrogen-bond donors (Lipinski definition) is 1. The van der Waals surface area contributed by atoms with Crippen LogP contribution in [0, 0.1) is 25.5 Å². The first-order chi connectivity index (χ1) is 9.45. The Morgan fingerprint density at radius 2 is 1.85 bits per heavy atom. The Hall–Kier alpha value is -1.33. The van der Waals surface area contributed by atoms with Gasteiger partial charge in [-0.1, -0.05) is 0 Å². The van der Waals surface area contributed by atoms with Crippen molar-refractivity contribution in [1.82, 2.24) is 10.3 Å². The van der Waals surface area contributed by atoms with E-state index in [0.29, 0.717) is 18.5 Å². The molecule has 20 heavy (non-hydrogen) atoms. The van der Waals surface area contributed by atoms with E-state index >= 15 is 0 Å². The number of halogens is 2. The molecule has 0 fully saturated rings. The number of hydrogen-bond acceptors (Lipinski definition) is 3. The highest BCUT2D eigenvalue weighted by Gasteiger charge is 2.12. The van der Waals surface area contributed by atoms with Crippen molar-refractivity contribution in [2.24, 2.45) is 0 Å². The van der Waals surface area contributed by atoms with Crippen LogP contribution >= 0.6 is 11.3 Å². The second-order valence-corrected chi connectivity index (χ2v) is 6.29. The molecule has 1 heterocycles. The number of aromatic nitrogens is 1. The summed E-state index contributed by atoms with van der Waals surface area (Å²) in [6, 6.07) is 3.76. The van der Waals surface area contributed by atoms with Crippen molar-refractivity contribution in [2.45, 2.75) is 33.2 Å². The molecule has 1 aromatic carbocycles. The second-order valence-electron chi connectivity index (χ2n) is 4.88. The van der Waals surface area contributed by atoms with Gasteiger partial charge in [-0.25, -0.2) is 13.8 Å². The van der Waals surface area contributed by atoms with Crippen LogP contribution in [0.4, 0.5) is 8.78 Å². The molecular formula is C15H18F2N2S. The number of benzene rings is 1. The zero-order valence-electron chi connectivity index (χ0n) is 11.8. The van der Waals surface area contributed by atoms with Crippen molar-refractivity contribution in [3.05, 3.63) is 51.0 Å². The first-order valence-electron chi connectivity index (χ1n) is 6.58. The Kier molecular flexibility index (Phi) is 4.83. The van der Waals surface area contributed by atoms with Gasteiger partial charge in [0, 0.05) is 17.0 Å². The Balaban J connectivity index is 1.91. The molecule has 1 unspecified atom stereocenters. The van der Waals surface area contributed by atoms with Crippen molar-refractivity contribution >= 4 is 11.3 Å². The standard InChI is InChI=1S/C15H18F2N2S/c1-9(15-10(2)20-11(3)19-15)18-5-4-12-6-13(16)8-14(17)7-12/h6-9,18H,4-5H2,1-3H3. The maximum absolute atomic E-state index is 13.1. The van der Waals surface area contributed by atoms with Gasteiger partial charge in [0.05, 0.1) is 10.7 Å². The molecule has 0 aliphatic carbocycles. The summed E-state index contributed by atoms with van der Waals surface area (Å²) in [5.41, 5.74) is 1.71. The fourth-order valence-corrected chi connectivity index (χ4v) is 3.15. The minimum absolute atomic E-state index is 0.137. The van der Waals surface area contributed by atoms with Gasteiger partial charge in [0.1, 0.15) is 11.6 Å². The lowest BCUT2D eigenvalue weighted by molar-refractivity contribution is 0.555. The summed E-state index contributed by atoms with van der Waals surface area (Å²) in [5, 5.41) is 4.39. The minimum atomic E-state index is -0.529. The maximum Gasteiger partial charge on any atom is 0.126 e. The topological polar surface area (TPSA) is 24.9 Å². The molecule has 0 saturated carbocycles. The largest absolute Gasteiger partial charge is 0.308 e. The quantitative estimate of drug-likeness (QED) is 0.904. The average molecular weight is 296 g/mol. The number of nitrogens with one attached hydrogen (secondary N) is 1. The van der Waals surface area contributed by atoms with Gasteiger partial charge in [-0.2, -0.15) is 0 Å². The third-order valence-corrected chi connectivity index (χ3v) is 4.04. The van der Waals surface area contributed by atoms with E-state index in [1.165, 1.54) is 17.0 Å². The van der Waals surface area contributed by atoms with Crippen LogP contribution in [0.25, 0.3) is 0 Å². The number of rotatable bonds is 5. The summed E-state index contributed by atoms with van der Waals surface area (Å²) in [7, 11) is 0. The third-order valence-electron chi connectivity index (χ3n) is 3.14. The summed E-state index contributed by atoms with van der Waals surface area (Å²) >= 11 is 1.68. The van der Waals surface area contributed by atoms with E-state index in [9.17, 15) is 8.78 Å². The summed E-state index contributed by atoms with van der Waals surface area (Å²) in [6.07, 6.45) is 0.585. The summed E-state index contributed by atoms with van der Waals surface area (Å²) in [5.74, 6) is -1.06. The van der Waals surface area contributed by atoms with Crippen LogP contribution in [0.3, 0.4) is 0 Å². The molecule has 0 saturated heterocycles. The van der Waals surface area contributed by atoms with Crippen molar-refractivity contribution in [3.63, 3.8) is 0 Å². The second kappa shape index (κ2) is 6.41. The Bertz CT molecular complexity index is 575. The minimum Gasteiger partial charge on any atom is -0.308 e. The lowest BCUT2D eigenvalue weighted by atomic mass is 10.1. The lowest BCUT2D eigenvalue weighted by Crippen LogP contribution is -2.22. The van der Waals surface area contributed by atoms with Crippen molar-refractivity contribution < 1.29 is 8.78 Å². The molecule has 1 aromatic heterocycles. The van der Waals surface area contributed by atoms with Crippen LogP contribution in [0.2, 0.25) is 0 Å². The van der Waals surface area contributed by atoms with E-state index in [2.05, 4.69) is 17.2 Å². The Morgan fingerprint density at radius 1 is 1.20 bits per heavy atom. The van der Waals surface area contributed by atoms with E-state index in [-0.39, 0.29) is 6.04 Å². The van der Waals surface area contributed by atoms with Gasteiger partial charge < -0.3 is 5.32 Å². The van der Waals surface area contributed by atoms with Gasteiger partial charge in [0.2, 0.25) is 0 Å². The van der Waals surface area contributed by atoms with Crippen LogP contribution in [-0.2, 0) is 6.42 Å². The van der Waals surface area contributed by atoms with Crippen molar-refractivity contribution in [1.29, 1.82) is 0 Å². The predicted octanol–water partition coefficient (Wildman–Crippen LogP) is 3.93. The Labute approximate surface area is 121 Å². The van der Waals surface area contributed by atoms with Gasteiger partial charge in [-0.15, -0.1) is 11.3 Å². The van der Waals surface area contributed by atoms with Crippen LogP contribution in [0.15, 0.2) is 18.2 Å². The third kappa shape index (κ3) is 3.84. The van der Waals surface area contributed by atoms with Crippen molar-refractivity contribution in [3.8, 4) is 0 Å². The predicted molar refractivity (Wildman–Crippen MR) is 78.1 cm³/mol. The molecule has 1 N–H and O–H groups in total. The summed E-state index contributed by atoms with van der Waals surface area (Å²) < 4.78 is 26.1. The molecule has 0 spiro atoms. The molecule has 2 aromatic rings. The van der Waals surface area contributed by atoms with E-state index < -0.39 is 11.6 Å². The zero-order valence-corrected chi connectivity index (χ0v) is 12.7. The smallest absolute Gasteiger partial charge is 0.126 e. The molecule has 0 radical (unpaired) electrons. The highest BCUT2D eigenvalue weighted by Crippen LogP contribution is 2.22. The normalized spacial score (nSPS) is 12.7. The van der Waals surface area contributed by atoms with Gasteiger partial charge in [-0.3, -0.25) is 0 Å². The van der Waals surface area contributed by atoms with Gasteiger partial charge in [-0.05, 0) is 51.4 Å². The lowest BCUT2D eigenvalue weighted by Gasteiger charge is -2.12. The van der Waals surface area contributed by atoms with Gasteiger partial charge >= 0.3 is 0 Å². The molecule has 0 aliphatic heterocycles. The van der Waals surface area contributed by atoms with Crippen LogP contribution in [-0.4, -0.2) is 11.5 Å². The van der Waals surface area contributed by atoms with Crippen molar-refractivity contribution in [2.75, 3.05) is 6.54 Å². The maximum atomic E-state index is 13.1. The van der Waals surface area contributed by atoms with Crippen LogP contribution < -0.4 is 5.32 Å². The number of thiazole rings is 1. The SMILES string of the molecule is Cc1nc(C(C)NCCc2cc(F)cc(F)c2)c(C)s1. The number of aryl methyl sites for hydroxylation is 2. The molecule has 0 bridgehead atoms. The van der Waals surface area contributed by atoms with Gasteiger partial charge in [0.25, 0.3) is 0 Å². The Morgan fingerprint density at radius 3 is 2.40 bits per heavy atom. The summed E-state index contributed by atoms with van der Waals surface area (Å²) in [6.45, 7) is 6.75. The molecule has 5 heteroatoms. The fraction of sp³-hybridized carbons (Fsp3) is 0.400. The van der Waals surface area contributed by atoms with Crippen LogP contribution in [0.1, 0.15) is 34.1 Å². The van der Waals surface area contributed by atoms with E-state index in [4.69, 9.17) is 0 Å². The first kappa shape index (κ1) is 15.1. The monoisotopic (exact) mass is 296 g/mol. The fourth-order valence-electron chi connectivity index (χ4n) is 2.23. The molecule has 2 nitrogen and oxygen atoms in total. The highest BCUT2D eigenvalue weighted by atomic mass is 32.1. The molecule has 0 amide bonds. The molecule has 1 atom stereocenters. The zero-order chi connectivity index (χ0) is 14.7. The average Bonchev–Trinajstić information content (AvgIpc) is 2.67. The summed E-state index contributed by atoms with van der Waals surface area (Å²) in [4.78, 5) is 5.71. The molecule has 2 rings (SSSR count). The molecule has 0 aliphatic rings. The first-order valence-corrected chi connectivity index (χ1v) is 7.39. The van der Waals surface area contributed by atoms with E-state index in [0.717, 1.165) is 16.8 Å². The number of nitrogens with zero attached hydrogens (tertiary/aromatic N) is 1. The van der Waals surface area contributed by atoms with E-state index in [1.807, 2.05) is 13.8 Å². The molecular weight excluding hydrogens is 278 g/mol. The van der Waals surface area contributed by atoms with E-state index in [1.54, 1.807) is 11.3 Å².